The molecule has 0 aromatic rings. The van der Waals surface area contributed by atoms with Crippen molar-refractivity contribution in [2.45, 2.75) is 51.1 Å². The van der Waals surface area contributed by atoms with Gasteiger partial charge in [0.25, 0.3) is 0 Å². The Bertz CT molecular complexity index is 505. The first-order chi connectivity index (χ1) is 9.90. The fraction of sp³-hybridized carbons (Fsp3) is 0.600. The van der Waals surface area contributed by atoms with E-state index in [0.29, 0.717) is 25.1 Å². The van der Waals surface area contributed by atoms with Crippen LogP contribution >= 0.6 is 0 Å². The molecule has 6 heteroatoms. The molecule has 1 heterocycles. The lowest BCUT2D eigenvalue weighted by atomic mass is 9.88. The highest BCUT2D eigenvalue weighted by Gasteiger charge is 2.54. The van der Waals surface area contributed by atoms with Gasteiger partial charge in [-0.2, -0.15) is 8.78 Å². The van der Waals surface area contributed by atoms with Gasteiger partial charge in [0, 0.05) is 12.0 Å². The Morgan fingerprint density at radius 1 is 1.52 bits per heavy atom. The lowest BCUT2D eigenvalue weighted by Crippen LogP contribution is -2.52. The molecule has 0 amide bonds. The molecule has 2 aliphatic rings. The number of azo groups is 1. The summed E-state index contributed by atoms with van der Waals surface area (Å²) in [5, 5.41) is 7.87. The summed E-state index contributed by atoms with van der Waals surface area (Å²) < 4.78 is 33.0. The van der Waals surface area contributed by atoms with E-state index in [-0.39, 0.29) is 6.42 Å². The number of halogens is 2. The van der Waals surface area contributed by atoms with Gasteiger partial charge < -0.3 is 10.5 Å². The molecule has 21 heavy (non-hydrogen) atoms. The fourth-order valence-electron chi connectivity index (χ4n) is 2.45. The summed E-state index contributed by atoms with van der Waals surface area (Å²) in [5.74, 6) is -2.88. The Balaban J connectivity index is 2.17. The molecular weight excluding hydrogens is 276 g/mol. The van der Waals surface area contributed by atoms with E-state index in [0.717, 1.165) is 11.1 Å². The number of hydrogen-bond donors (Lipinski definition) is 1. The molecule has 0 aromatic heterocycles. The standard InChI is InChI=1S/C15H21F2N3O/c1-10(2)8-11-9-21-7-5-13(11)19-20-14-12(18)4-3-6-15(14,16)17/h5,8-9,12,14H,3-4,6-7,18H2,1-2H3/q+1/t12-,14-/m1/s1. The Morgan fingerprint density at radius 3 is 2.95 bits per heavy atom. The zero-order valence-corrected chi connectivity index (χ0v) is 12.4. The van der Waals surface area contributed by atoms with E-state index >= 15 is 0 Å². The van der Waals surface area contributed by atoms with Gasteiger partial charge in [0.15, 0.2) is 5.11 Å². The predicted octanol–water partition coefficient (Wildman–Crippen LogP) is 3.05. The van der Waals surface area contributed by atoms with Crippen molar-refractivity contribution < 1.29 is 13.5 Å². The summed E-state index contributed by atoms with van der Waals surface area (Å²) in [6.07, 6.45) is 5.98. The van der Waals surface area contributed by atoms with E-state index in [1.54, 1.807) is 12.3 Å². The van der Waals surface area contributed by atoms with Crippen molar-refractivity contribution in [3.8, 4) is 0 Å². The number of hydrogen-bond acceptors (Lipinski definition) is 4. The van der Waals surface area contributed by atoms with E-state index in [4.69, 9.17) is 10.5 Å². The van der Waals surface area contributed by atoms with E-state index in [1.165, 1.54) is 0 Å². The smallest absolute Gasteiger partial charge is 0.329 e. The van der Waals surface area contributed by atoms with Crippen molar-refractivity contribution in [3.63, 3.8) is 0 Å². The summed E-state index contributed by atoms with van der Waals surface area (Å²) in [5.41, 5.74) is 8.13. The lowest BCUT2D eigenvalue weighted by Gasteiger charge is -2.25. The van der Waals surface area contributed by atoms with Crippen LogP contribution in [0, 0.1) is 0 Å². The van der Waals surface area contributed by atoms with Crippen molar-refractivity contribution in [1.82, 2.24) is 5.11 Å². The van der Waals surface area contributed by atoms with E-state index in [9.17, 15) is 8.78 Å². The zero-order chi connectivity index (χ0) is 15.5. The molecule has 0 aromatic carbocycles. The second-order valence-electron chi connectivity index (χ2n) is 5.70. The van der Waals surface area contributed by atoms with Gasteiger partial charge in [-0.15, -0.1) is 0 Å². The van der Waals surface area contributed by atoms with Crippen molar-refractivity contribution in [3.05, 3.63) is 35.3 Å². The lowest BCUT2D eigenvalue weighted by molar-refractivity contribution is -0.0656. The van der Waals surface area contributed by atoms with Gasteiger partial charge >= 0.3 is 12.0 Å². The molecule has 1 aliphatic heterocycles. The first-order valence-corrected chi connectivity index (χ1v) is 7.11. The maximum absolute atomic E-state index is 13.9. The summed E-state index contributed by atoms with van der Waals surface area (Å²) in [6, 6.07) is -1.89. The van der Waals surface area contributed by atoms with Crippen molar-refractivity contribution in [2.75, 3.05) is 6.61 Å². The third-order valence-electron chi connectivity index (χ3n) is 3.50. The van der Waals surface area contributed by atoms with Crippen LogP contribution in [0.1, 0.15) is 33.1 Å². The molecule has 0 unspecified atom stereocenters. The van der Waals surface area contributed by atoms with Gasteiger partial charge in [0.1, 0.15) is 12.3 Å². The highest BCUT2D eigenvalue weighted by Crippen LogP contribution is 2.33. The number of rotatable bonds is 3. The van der Waals surface area contributed by atoms with Crippen molar-refractivity contribution >= 4 is 0 Å². The second kappa shape index (κ2) is 6.47. The minimum Gasteiger partial charge on any atom is -0.496 e. The molecule has 115 valence electrons. The predicted molar refractivity (Wildman–Crippen MR) is 76.7 cm³/mol. The molecule has 1 saturated carbocycles. The van der Waals surface area contributed by atoms with Crippen LogP contribution in [0.25, 0.3) is 0 Å². The Kier molecular flexibility index (Phi) is 4.88. The summed E-state index contributed by atoms with van der Waals surface area (Å²) in [7, 11) is 0. The number of ether oxygens (including phenoxy) is 1. The van der Waals surface area contributed by atoms with Gasteiger partial charge in [0.2, 0.25) is 0 Å². The van der Waals surface area contributed by atoms with Crippen molar-refractivity contribution in [1.29, 1.82) is 0 Å². The Hall–Kier alpha value is -1.56. The molecule has 4 nitrogen and oxygen atoms in total. The molecule has 2 N–H and O–H groups in total. The third kappa shape index (κ3) is 3.97. The summed E-state index contributed by atoms with van der Waals surface area (Å²) >= 11 is 0. The van der Waals surface area contributed by atoms with Crippen LogP contribution in [0.3, 0.4) is 0 Å². The molecule has 1 fully saturated rings. The normalized spacial score (nSPS) is 28.6. The molecule has 0 spiro atoms. The molecule has 1 aliphatic carbocycles. The van der Waals surface area contributed by atoms with E-state index < -0.39 is 18.0 Å². The van der Waals surface area contributed by atoms with Crippen LogP contribution in [-0.2, 0) is 4.74 Å². The van der Waals surface area contributed by atoms with Gasteiger partial charge in [-0.25, -0.2) is 0 Å². The van der Waals surface area contributed by atoms with Crippen LogP contribution in [0.2, 0.25) is 0 Å². The molecule has 2 atom stereocenters. The maximum Gasteiger partial charge on any atom is 0.329 e. The van der Waals surface area contributed by atoms with Crippen LogP contribution in [0.5, 0.6) is 0 Å². The van der Waals surface area contributed by atoms with Crippen LogP contribution in [-0.4, -0.2) is 24.6 Å². The molecule has 0 bridgehead atoms. The van der Waals surface area contributed by atoms with Gasteiger partial charge in [-0.3, -0.25) is 0 Å². The number of alkyl halides is 2. The van der Waals surface area contributed by atoms with Crippen LogP contribution in [0.15, 0.2) is 40.4 Å². The largest absolute Gasteiger partial charge is 0.496 e. The molecule has 1 radical (unpaired) electrons. The van der Waals surface area contributed by atoms with Gasteiger partial charge in [0.05, 0.1) is 17.4 Å². The van der Waals surface area contributed by atoms with Gasteiger partial charge in [-0.1, -0.05) is 11.6 Å². The highest BCUT2D eigenvalue weighted by atomic mass is 19.3. The minimum absolute atomic E-state index is 0.177. The monoisotopic (exact) mass is 297 g/mol. The first kappa shape index (κ1) is 15.8. The maximum atomic E-state index is 13.9. The minimum atomic E-state index is -2.88. The first-order valence-electron chi connectivity index (χ1n) is 7.11. The van der Waals surface area contributed by atoms with Crippen LogP contribution in [0.4, 0.5) is 8.78 Å². The van der Waals surface area contributed by atoms with Crippen molar-refractivity contribution in [2.24, 2.45) is 10.8 Å². The highest BCUT2D eigenvalue weighted by molar-refractivity contribution is 5.40. The van der Waals surface area contributed by atoms with Crippen LogP contribution < -0.4 is 10.8 Å². The third-order valence-corrected chi connectivity index (χ3v) is 3.50. The topological polar surface area (TPSA) is 61.7 Å². The second-order valence-corrected chi connectivity index (χ2v) is 5.70. The average molecular weight is 297 g/mol. The quantitative estimate of drug-likeness (QED) is 0.814. The number of nitrogens with two attached hydrogens (primary N) is 1. The molecular formula is C15H21F2N3O+. The average Bonchev–Trinajstić information content (AvgIpc) is 2.38. The molecule has 0 saturated heterocycles. The summed E-state index contributed by atoms with van der Waals surface area (Å²) in [6.45, 7) is 4.24. The molecule has 2 rings (SSSR count). The zero-order valence-electron chi connectivity index (χ0n) is 12.4. The summed E-state index contributed by atoms with van der Waals surface area (Å²) in [4.78, 5) is 0. The number of allylic oxidation sites excluding steroid dienone is 2. The Labute approximate surface area is 123 Å². The van der Waals surface area contributed by atoms with Gasteiger partial charge in [-0.05, 0) is 32.8 Å². The van der Waals surface area contributed by atoms with E-state index in [1.807, 2.05) is 19.9 Å². The SMILES string of the molecule is CC(C)=CC1=COCC=C1N=[N+][C@@H]1[C@H](N)CCCC1(F)F. The Morgan fingerprint density at radius 2 is 2.29 bits per heavy atom. The number of nitrogens with zero attached hydrogens (tertiary/aromatic N) is 2. The van der Waals surface area contributed by atoms with E-state index in [2.05, 4.69) is 10.2 Å². The fourth-order valence-corrected chi connectivity index (χ4v) is 2.45.